The fourth-order valence-corrected chi connectivity index (χ4v) is 2.80. The molecular weight excluding hydrogens is 317 g/mol. The number of amides is 1. The van der Waals surface area contributed by atoms with Gasteiger partial charge in [0.05, 0.1) is 12.8 Å². The number of hydrogen-bond donors (Lipinski definition) is 1. The van der Waals surface area contributed by atoms with E-state index in [1.165, 1.54) is 23.5 Å². The minimum Gasteiger partial charge on any atom is -0.481 e. The monoisotopic (exact) mass is 331 g/mol. The Labute approximate surface area is 136 Å². The van der Waals surface area contributed by atoms with Gasteiger partial charge in [-0.1, -0.05) is 12.1 Å². The second-order valence-corrected chi connectivity index (χ2v) is 5.77. The maximum absolute atomic E-state index is 13.4. The van der Waals surface area contributed by atoms with Crippen LogP contribution in [0.1, 0.15) is 4.88 Å². The number of para-hydroxylation sites is 1. The maximum atomic E-state index is 13.4. The lowest BCUT2D eigenvalue weighted by Crippen LogP contribution is -2.28. The van der Waals surface area contributed by atoms with Crippen LogP contribution in [0.5, 0.6) is 5.75 Å². The summed E-state index contributed by atoms with van der Waals surface area (Å²) < 4.78 is 23.8. The Balaban J connectivity index is 1.49. The van der Waals surface area contributed by atoms with Crippen LogP contribution in [-0.2, 0) is 11.3 Å². The Kier molecular flexibility index (Phi) is 4.73. The molecule has 1 aromatic carbocycles. The van der Waals surface area contributed by atoms with Crippen molar-refractivity contribution >= 4 is 17.2 Å². The summed E-state index contributed by atoms with van der Waals surface area (Å²) in [5.74, 6) is 0.0726. The number of ether oxygens (including phenoxy) is 1. The first-order chi connectivity index (χ1) is 11.2. The van der Waals surface area contributed by atoms with E-state index in [0.717, 1.165) is 16.2 Å². The molecule has 0 aliphatic carbocycles. The van der Waals surface area contributed by atoms with Gasteiger partial charge in [0.2, 0.25) is 0 Å². The molecule has 0 atom stereocenters. The van der Waals surface area contributed by atoms with Crippen molar-refractivity contribution in [2.45, 2.75) is 6.54 Å². The molecule has 6 heteroatoms. The molecule has 2 heterocycles. The molecule has 0 aliphatic rings. The number of hydrogen-bond acceptors (Lipinski definition) is 4. The molecule has 1 amide bonds. The van der Waals surface area contributed by atoms with Crippen molar-refractivity contribution in [1.29, 1.82) is 0 Å². The highest BCUT2D eigenvalue weighted by molar-refractivity contribution is 7.10. The van der Waals surface area contributed by atoms with Crippen molar-refractivity contribution in [3.63, 3.8) is 0 Å². The largest absolute Gasteiger partial charge is 0.481 e. The lowest BCUT2D eigenvalue weighted by atomic mass is 10.2. The topological polar surface area (TPSA) is 51.5 Å². The molecule has 0 spiro atoms. The van der Waals surface area contributed by atoms with Crippen LogP contribution in [0.15, 0.2) is 58.5 Å². The summed E-state index contributed by atoms with van der Waals surface area (Å²) in [7, 11) is 0. The molecule has 0 aliphatic heterocycles. The number of carbonyl (C=O) groups excluding carboxylic acids is 1. The summed E-state index contributed by atoms with van der Waals surface area (Å²) in [5, 5.41) is 4.71. The summed E-state index contributed by atoms with van der Waals surface area (Å²) in [5.41, 5.74) is 0.979. The first-order valence-electron chi connectivity index (χ1n) is 6.97. The summed E-state index contributed by atoms with van der Waals surface area (Å²) in [6.45, 7) is 0.169. The van der Waals surface area contributed by atoms with Gasteiger partial charge in [0.1, 0.15) is 5.76 Å². The van der Waals surface area contributed by atoms with Gasteiger partial charge in [-0.05, 0) is 30.3 Å². The van der Waals surface area contributed by atoms with Crippen LogP contribution in [-0.4, -0.2) is 12.5 Å². The van der Waals surface area contributed by atoms with Crippen molar-refractivity contribution in [3.8, 4) is 17.1 Å². The smallest absolute Gasteiger partial charge is 0.258 e. The van der Waals surface area contributed by atoms with E-state index >= 15 is 0 Å². The standard InChI is InChI=1S/C17H14FNO3S/c18-14-4-1-2-5-16(14)22-10-17(20)19-9-13-8-12(11-23-13)15-6-3-7-21-15/h1-8,11H,9-10H2,(H,19,20). The molecular formula is C17H14FNO3S. The van der Waals surface area contributed by atoms with Crippen LogP contribution in [0.2, 0.25) is 0 Å². The highest BCUT2D eigenvalue weighted by atomic mass is 32.1. The summed E-state index contributed by atoms with van der Waals surface area (Å²) in [6, 6.07) is 11.7. The van der Waals surface area contributed by atoms with Crippen LogP contribution in [0, 0.1) is 5.82 Å². The third kappa shape index (κ3) is 3.98. The SMILES string of the molecule is O=C(COc1ccccc1F)NCc1cc(-c2ccco2)cs1. The van der Waals surface area contributed by atoms with Gasteiger partial charge < -0.3 is 14.5 Å². The third-order valence-electron chi connectivity index (χ3n) is 3.11. The first kappa shape index (κ1) is 15.3. The number of nitrogens with one attached hydrogen (secondary N) is 1. The second-order valence-electron chi connectivity index (χ2n) is 4.77. The van der Waals surface area contributed by atoms with Gasteiger partial charge in [0, 0.05) is 15.8 Å². The van der Waals surface area contributed by atoms with Crippen molar-refractivity contribution in [2.75, 3.05) is 6.61 Å². The minimum atomic E-state index is -0.485. The maximum Gasteiger partial charge on any atom is 0.258 e. The van der Waals surface area contributed by atoms with Gasteiger partial charge >= 0.3 is 0 Å². The minimum absolute atomic E-state index is 0.0684. The van der Waals surface area contributed by atoms with Crippen LogP contribution >= 0.6 is 11.3 Å². The Hall–Kier alpha value is -2.60. The fraction of sp³-hybridized carbons (Fsp3) is 0.118. The van der Waals surface area contributed by atoms with Crippen molar-refractivity contribution in [2.24, 2.45) is 0 Å². The van der Waals surface area contributed by atoms with E-state index in [2.05, 4.69) is 5.32 Å². The number of benzene rings is 1. The molecule has 2 aromatic heterocycles. The zero-order chi connectivity index (χ0) is 16.1. The molecule has 4 nitrogen and oxygen atoms in total. The Morgan fingerprint density at radius 2 is 2.13 bits per heavy atom. The molecule has 0 saturated heterocycles. The van der Waals surface area contributed by atoms with E-state index in [1.54, 1.807) is 18.4 Å². The number of carbonyl (C=O) groups is 1. The highest BCUT2D eigenvalue weighted by Crippen LogP contribution is 2.25. The van der Waals surface area contributed by atoms with Gasteiger partial charge in [-0.25, -0.2) is 4.39 Å². The van der Waals surface area contributed by atoms with E-state index in [-0.39, 0.29) is 18.3 Å². The predicted octanol–water partition coefficient (Wildman–Crippen LogP) is 3.84. The second kappa shape index (κ2) is 7.11. The normalized spacial score (nSPS) is 10.5. The summed E-state index contributed by atoms with van der Waals surface area (Å²) in [4.78, 5) is 12.8. The lowest BCUT2D eigenvalue weighted by Gasteiger charge is -2.07. The molecule has 0 radical (unpaired) electrons. The Morgan fingerprint density at radius 1 is 1.26 bits per heavy atom. The quantitative estimate of drug-likeness (QED) is 0.746. The van der Waals surface area contributed by atoms with Crippen molar-refractivity contribution in [3.05, 3.63) is 64.8 Å². The average molecular weight is 331 g/mol. The fourth-order valence-electron chi connectivity index (χ4n) is 1.99. The van der Waals surface area contributed by atoms with Crippen LogP contribution in [0.25, 0.3) is 11.3 Å². The molecule has 1 N–H and O–H groups in total. The molecule has 3 aromatic rings. The van der Waals surface area contributed by atoms with Crippen LogP contribution < -0.4 is 10.1 Å². The van der Waals surface area contributed by atoms with E-state index in [4.69, 9.17) is 9.15 Å². The number of furan rings is 1. The summed E-state index contributed by atoms with van der Waals surface area (Å²) in [6.07, 6.45) is 1.62. The third-order valence-corrected chi connectivity index (χ3v) is 4.05. The zero-order valence-corrected chi connectivity index (χ0v) is 12.9. The van der Waals surface area contributed by atoms with Gasteiger partial charge in [0.15, 0.2) is 18.2 Å². The van der Waals surface area contributed by atoms with Gasteiger partial charge in [-0.2, -0.15) is 0 Å². The molecule has 23 heavy (non-hydrogen) atoms. The van der Waals surface area contributed by atoms with E-state index in [9.17, 15) is 9.18 Å². The predicted molar refractivity (Wildman–Crippen MR) is 85.8 cm³/mol. The molecule has 0 fully saturated rings. The van der Waals surface area contributed by atoms with E-state index in [1.807, 2.05) is 23.6 Å². The van der Waals surface area contributed by atoms with Gasteiger partial charge in [-0.3, -0.25) is 4.79 Å². The zero-order valence-electron chi connectivity index (χ0n) is 12.1. The van der Waals surface area contributed by atoms with E-state index < -0.39 is 5.82 Å². The molecule has 118 valence electrons. The lowest BCUT2D eigenvalue weighted by molar-refractivity contribution is -0.123. The Bertz CT molecular complexity index is 783. The van der Waals surface area contributed by atoms with Crippen molar-refractivity contribution < 1.29 is 18.3 Å². The van der Waals surface area contributed by atoms with Gasteiger partial charge in [0.25, 0.3) is 5.91 Å². The Morgan fingerprint density at radius 3 is 2.91 bits per heavy atom. The van der Waals surface area contributed by atoms with Gasteiger partial charge in [-0.15, -0.1) is 11.3 Å². The van der Waals surface area contributed by atoms with Crippen molar-refractivity contribution in [1.82, 2.24) is 5.32 Å². The molecule has 0 unspecified atom stereocenters. The number of rotatable bonds is 6. The first-order valence-corrected chi connectivity index (χ1v) is 7.85. The van der Waals surface area contributed by atoms with Crippen LogP contribution in [0.4, 0.5) is 4.39 Å². The molecule has 0 bridgehead atoms. The highest BCUT2D eigenvalue weighted by Gasteiger charge is 2.08. The molecule has 3 rings (SSSR count). The average Bonchev–Trinajstić information content (AvgIpc) is 3.23. The number of thiophene rings is 1. The molecule has 0 saturated carbocycles. The van der Waals surface area contributed by atoms with E-state index in [0.29, 0.717) is 6.54 Å². The number of halogens is 1. The summed E-state index contributed by atoms with van der Waals surface area (Å²) >= 11 is 1.53. The van der Waals surface area contributed by atoms with Crippen LogP contribution in [0.3, 0.4) is 0 Å².